The third kappa shape index (κ3) is 6.48. The molecule has 1 aliphatic heterocycles. The number of carbonyl (C=O) groups excluding carboxylic acids is 1. The number of nitrogens with zero attached hydrogens (tertiary/aromatic N) is 1. The van der Waals surface area contributed by atoms with Crippen molar-refractivity contribution in [2.24, 2.45) is 0 Å². The molecule has 0 aromatic carbocycles. The van der Waals surface area contributed by atoms with Crippen LogP contribution in [0.25, 0.3) is 0 Å². The molecule has 2 atom stereocenters. The smallest absolute Gasteiger partial charge is 0.410 e. The first-order valence-corrected chi connectivity index (χ1v) is 7.50. The lowest BCUT2D eigenvalue weighted by atomic mass is 10.2. The Morgan fingerprint density at radius 2 is 2.09 bits per heavy atom. The minimum atomic E-state index is -0.586. The Balaban J connectivity index is 2.37. The van der Waals surface area contributed by atoms with E-state index >= 15 is 0 Å². The fourth-order valence-corrected chi connectivity index (χ4v) is 1.95. The molecule has 1 aliphatic rings. The number of aliphatic hydroxyl groups is 1. The second-order valence-corrected chi connectivity index (χ2v) is 6.92. The van der Waals surface area contributed by atoms with Crippen molar-refractivity contribution in [1.29, 1.82) is 0 Å². The van der Waals surface area contributed by atoms with Gasteiger partial charge in [0.25, 0.3) is 0 Å². The Morgan fingerprint density at radius 3 is 2.55 bits per heavy atom. The van der Waals surface area contributed by atoms with Gasteiger partial charge < -0.3 is 29.0 Å². The molecular weight excluding hydrogens is 290 g/mol. The van der Waals surface area contributed by atoms with Gasteiger partial charge in [0.2, 0.25) is 0 Å². The lowest BCUT2D eigenvalue weighted by Crippen LogP contribution is -2.45. The second-order valence-electron chi connectivity index (χ2n) is 6.92. The predicted molar refractivity (Wildman–Crippen MR) is 80.6 cm³/mol. The molecule has 1 heterocycles. The molecular formula is C15H29NO6. The second kappa shape index (κ2) is 7.59. The van der Waals surface area contributed by atoms with Gasteiger partial charge in [0.1, 0.15) is 11.7 Å². The molecule has 0 saturated carbocycles. The molecule has 0 aromatic rings. The van der Waals surface area contributed by atoms with Crippen molar-refractivity contribution in [2.45, 2.75) is 58.2 Å². The molecule has 0 spiro atoms. The largest absolute Gasteiger partial charge is 0.444 e. The van der Waals surface area contributed by atoms with Crippen molar-refractivity contribution in [3.05, 3.63) is 0 Å². The first kappa shape index (κ1) is 19.2. The van der Waals surface area contributed by atoms with E-state index in [2.05, 4.69) is 0 Å². The summed E-state index contributed by atoms with van der Waals surface area (Å²) in [5, 5.41) is 9.43. The number of ether oxygens (including phenoxy) is 4. The molecule has 22 heavy (non-hydrogen) atoms. The maximum atomic E-state index is 12.0. The first-order chi connectivity index (χ1) is 10.0. The van der Waals surface area contributed by atoms with Crippen LogP contribution in [0, 0.1) is 0 Å². The van der Waals surface area contributed by atoms with E-state index < -0.39 is 23.5 Å². The van der Waals surface area contributed by atoms with Crippen LogP contribution in [0.15, 0.2) is 0 Å². The summed E-state index contributed by atoms with van der Waals surface area (Å²) in [5.74, 6) is -0.586. The van der Waals surface area contributed by atoms with Crippen LogP contribution < -0.4 is 0 Å². The highest BCUT2D eigenvalue weighted by Gasteiger charge is 2.33. The molecule has 7 nitrogen and oxygen atoms in total. The number of hydrogen-bond donors (Lipinski definition) is 1. The van der Waals surface area contributed by atoms with Gasteiger partial charge >= 0.3 is 6.09 Å². The molecule has 1 saturated heterocycles. The summed E-state index contributed by atoms with van der Waals surface area (Å²) in [6, 6.07) is -0.467. The van der Waals surface area contributed by atoms with Gasteiger partial charge in [-0.15, -0.1) is 0 Å². The summed E-state index contributed by atoms with van der Waals surface area (Å²) < 4.78 is 21.9. The van der Waals surface area contributed by atoms with Crippen LogP contribution in [0.3, 0.4) is 0 Å². The minimum Gasteiger partial charge on any atom is -0.444 e. The molecule has 1 amide bonds. The Morgan fingerprint density at radius 1 is 1.45 bits per heavy atom. The van der Waals surface area contributed by atoms with E-state index in [9.17, 15) is 9.90 Å². The summed E-state index contributed by atoms with van der Waals surface area (Å²) in [6.45, 7) is 9.89. The molecule has 130 valence electrons. The molecule has 0 aromatic heterocycles. The van der Waals surface area contributed by atoms with Gasteiger partial charge in [-0.05, 0) is 34.6 Å². The number of aliphatic hydroxyl groups excluding tert-OH is 1. The normalized spacial score (nSPS) is 22.4. The fraction of sp³-hybridized carbons (Fsp3) is 0.933. The van der Waals surface area contributed by atoms with Crippen LogP contribution in [0.1, 0.15) is 34.6 Å². The Kier molecular flexibility index (Phi) is 6.61. The van der Waals surface area contributed by atoms with Crippen LogP contribution in [0.4, 0.5) is 4.79 Å². The van der Waals surface area contributed by atoms with Gasteiger partial charge in [-0.2, -0.15) is 0 Å². The SMILES string of the molecule is CN(C(=O)OC(C)(C)C)[C@H](CO)COC[C@@H]1COC(C)(C)O1. The first-order valence-electron chi connectivity index (χ1n) is 7.50. The number of likely N-dealkylation sites (N-methyl/N-ethyl adjacent to an activating group) is 1. The van der Waals surface area contributed by atoms with Crippen molar-refractivity contribution in [3.63, 3.8) is 0 Å². The molecule has 0 bridgehead atoms. The van der Waals surface area contributed by atoms with Gasteiger partial charge in [-0.1, -0.05) is 0 Å². The minimum absolute atomic E-state index is 0.138. The van der Waals surface area contributed by atoms with Crippen LogP contribution in [-0.2, 0) is 18.9 Å². The molecule has 0 radical (unpaired) electrons. The van der Waals surface area contributed by atoms with E-state index in [1.165, 1.54) is 4.90 Å². The van der Waals surface area contributed by atoms with Crippen molar-refractivity contribution >= 4 is 6.09 Å². The van der Waals surface area contributed by atoms with Gasteiger partial charge in [0.15, 0.2) is 5.79 Å². The fourth-order valence-electron chi connectivity index (χ4n) is 1.95. The summed E-state index contributed by atoms with van der Waals surface area (Å²) in [6.07, 6.45) is -0.627. The predicted octanol–water partition coefficient (Wildman–Crippen LogP) is 1.38. The van der Waals surface area contributed by atoms with E-state index in [0.717, 1.165) is 0 Å². The van der Waals surface area contributed by atoms with Gasteiger partial charge in [-0.3, -0.25) is 0 Å². The molecule has 1 rings (SSSR count). The highest BCUT2D eigenvalue weighted by atomic mass is 16.7. The monoisotopic (exact) mass is 319 g/mol. The molecule has 1 fully saturated rings. The highest BCUT2D eigenvalue weighted by Crippen LogP contribution is 2.22. The van der Waals surface area contributed by atoms with E-state index in [0.29, 0.717) is 13.2 Å². The van der Waals surface area contributed by atoms with Crippen molar-refractivity contribution in [2.75, 3.05) is 33.5 Å². The summed E-state index contributed by atoms with van der Waals surface area (Å²) >= 11 is 0. The lowest BCUT2D eigenvalue weighted by Gasteiger charge is -2.29. The van der Waals surface area contributed by atoms with Gasteiger partial charge in [-0.25, -0.2) is 4.79 Å². The summed E-state index contributed by atoms with van der Waals surface area (Å²) in [5.41, 5.74) is -0.577. The van der Waals surface area contributed by atoms with E-state index in [1.807, 2.05) is 13.8 Å². The quantitative estimate of drug-likeness (QED) is 0.797. The molecule has 0 aliphatic carbocycles. The van der Waals surface area contributed by atoms with Crippen LogP contribution in [0.2, 0.25) is 0 Å². The zero-order chi connectivity index (χ0) is 17.0. The number of carbonyl (C=O) groups is 1. The zero-order valence-electron chi connectivity index (χ0n) is 14.4. The lowest BCUT2D eigenvalue weighted by molar-refractivity contribution is -0.145. The Hall–Kier alpha value is -0.890. The standard InChI is InChI=1S/C15H29NO6/c1-14(2,3)22-13(18)16(6)11(7-17)8-19-9-12-10-20-15(4,5)21-12/h11-12,17H,7-10H2,1-6H3/t11-,12-/m1/s1. The molecule has 7 heteroatoms. The Bertz CT molecular complexity index is 366. The molecule has 1 N–H and O–H groups in total. The van der Waals surface area contributed by atoms with Crippen LogP contribution >= 0.6 is 0 Å². The van der Waals surface area contributed by atoms with Gasteiger partial charge in [0, 0.05) is 7.05 Å². The zero-order valence-corrected chi connectivity index (χ0v) is 14.4. The van der Waals surface area contributed by atoms with Crippen LogP contribution in [-0.4, -0.2) is 73.1 Å². The third-order valence-electron chi connectivity index (χ3n) is 3.12. The number of hydrogen-bond acceptors (Lipinski definition) is 6. The van der Waals surface area contributed by atoms with E-state index in [4.69, 9.17) is 18.9 Å². The van der Waals surface area contributed by atoms with Crippen molar-refractivity contribution < 1.29 is 28.8 Å². The average molecular weight is 319 g/mol. The summed E-state index contributed by atoms with van der Waals surface area (Å²) in [7, 11) is 1.58. The van der Waals surface area contributed by atoms with E-state index in [1.54, 1.807) is 27.8 Å². The molecule has 0 unspecified atom stereocenters. The topological polar surface area (TPSA) is 77.5 Å². The van der Waals surface area contributed by atoms with Crippen LogP contribution in [0.5, 0.6) is 0 Å². The maximum Gasteiger partial charge on any atom is 0.410 e. The maximum absolute atomic E-state index is 12.0. The third-order valence-corrected chi connectivity index (χ3v) is 3.12. The number of rotatable bonds is 6. The van der Waals surface area contributed by atoms with Gasteiger partial charge in [0.05, 0.1) is 32.5 Å². The Labute approximate surface area is 132 Å². The summed E-state index contributed by atoms with van der Waals surface area (Å²) in [4.78, 5) is 13.3. The number of amides is 1. The van der Waals surface area contributed by atoms with Crippen molar-refractivity contribution in [3.8, 4) is 0 Å². The highest BCUT2D eigenvalue weighted by molar-refractivity contribution is 5.68. The van der Waals surface area contributed by atoms with Crippen molar-refractivity contribution in [1.82, 2.24) is 4.90 Å². The average Bonchev–Trinajstić information content (AvgIpc) is 2.71. The van der Waals surface area contributed by atoms with E-state index in [-0.39, 0.29) is 19.3 Å².